The molecule has 4 nitrogen and oxygen atoms in total. The van der Waals surface area contributed by atoms with Crippen LogP contribution in [-0.4, -0.2) is 46.6 Å². The predicted octanol–water partition coefficient (Wildman–Crippen LogP) is 8.72. The van der Waals surface area contributed by atoms with Crippen LogP contribution < -0.4 is 11.1 Å². The Kier molecular flexibility index (Phi) is 27.6. The summed E-state index contributed by atoms with van der Waals surface area (Å²) in [6.07, 6.45) is 7.57. The van der Waals surface area contributed by atoms with E-state index < -0.39 is 0 Å². The van der Waals surface area contributed by atoms with Crippen LogP contribution in [0.15, 0.2) is 0 Å². The summed E-state index contributed by atoms with van der Waals surface area (Å²) < 4.78 is 10.0. The van der Waals surface area contributed by atoms with E-state index in [1.165, 1.54) is 19.3 Å². The standard InChI is InChI=1S/C9H21N.C8H18O.C7H17N.C7H16O/c1-5-7-10-8-6-9(2,3)4;1-7(9-5)6-8(2,3)4;1-7(2,3)5-4-6-8;1-7(2,3)5-6-8-4/h10H,5-8H2,1-4H3;7H,6H2,1-5H3;4-6,8H2,1-3H3;5-6H2,1-4H3. The number of nitrogens with one attached hydrogen (secondary N) is 1. The SMILES string of the molecule is CC(C)(C)CCCN.CCCNCCC(C)(C)C.COC(C)CC(C)(C)C.COCCC(C)(C)C. The lowest BCUT2D eigenvalue weighted by Crippen LogP contribution is -2.20. The lowest BCUT2D eigenvalue weighted by atomic mass is 9.90. The first-order valence-corrected chi connectivity index (χ1v) is 14.1. The fourth-order valence-electron chi connectivity index (χ4n) is 2.75. The van der Waals surface area contributed by atoms with Gasteiger partial charge in [0, 0.05) is 20.8 Å². The molecule has 3 N–H and O–H groups in total. The van der Waals surface area contributed by atoms with Crippen molar-refractivity contribution < 1.29 is 9.47 Å². The van der Waals surface area contributed by atoms with Gasteiger partial charge in [0.1, 0.15) is 0 Å². The molecule has 0 saturated heterocycles. The molecule has 0 aromatic rings. The van der Waals surface area contributed by atoms with Crippen molar-refractivity contribution >= 4 is 0 Å². The second kappa shape index (κ2) is 23.0. The molecule has 0 aromatic heterocycles. The quantitative estimate of drug-likeness (QED) is 0.292. The average Bonchev–Trinajstić information content (AvgIpc) is 2.66. The first-order valence-electron chi connectivity index (χ1n) is 14.1. The highest BCUT2D eigenvalue weighted by molar-refractivity contribution is 4.65. The molecule has 4 heteroatoms. The average molecular weight is 505 g/mol. The number of rotatable bonds is 10. The summed E-state index contributed by atoms with van der Waals surface area (Å²) in [5.74, 6) is 0. The van der Waals surface area contributed by atoms with Gasteiger partial charge in [-0.1, -0.05) is 90.0 Å². The molecule has 35 heavy (non-hydrogen) atoms. The van der Waals surface area contributed by atoms with Gasteiger partial charge in [0.25, 0.3) is 0 Å². The van der Waals surface area contributed by atoms with Crippen LogP contribution in [0.1, 0.15) is 135 Å². The van der Waals surface area contributed by atoms with E-state index >= 15 is 0 Å². The molecule has 0 saturated carbocycles. The highest BCUT2D eigenvalue weighted by Gasteiger charge is 2.14. The van der Waals surface area contributed by atoms with Gasteiger partial charge in [0.05, 0.1) is 6.10 Å². The van der Waals surface area contributed by atoms with Gasteiger partial charge in [0.15, 0.2) is 0 Å². The van der Waals surface area contributed by atoms with Crippen molar-refractivity contribution in [3.63, 3.8) is 0 Å². The van der Waals surface area contributed by atoms with Crippen molar-refractivity contribution in [2.75, 3.05) is 40.5 Å². The highest BCUT2D eigenvalue weighted by atomic mass is 16.5. The Morgan fingerprint density at radius 2 is 1.14 bits per heavy atom. The molecule has 0 rings (SSSR count). The van der Waals surface area contributed by atoms with Crippen LogP contribution in [0.3, 0.4) is 0 Å². The molecule has 0 heterocycles. The topological polar surface area (TPSA) is 56.5 Å². The van der Waals surface area contributed by atoms with E-state index in [0.29, 0.717) is 27.8 Å². The minimum Gasteiger partial charge on any atom is -0.385 e. The molecule has 0 aliphatic heterocycles. The van der Waals surface area contributed by atoms with Crippen molar-refractivity contribution in [1.29, 1.82) is 0 Å². The van der Waals surface area contributed by atoms with Crippen LogP contribution in [0.25, 0.3) is 0 Å². The fourth-order valence-corrected chi connectivity index (χ4v) is 2.75. The predicted molar refractivity (Wildman–Crippen MR) is 161 cm³/mol. The zero-order valence-corrected chi connectivity index (χ0v) is 27.5. The third-order valence-electron chi connectivity index (χ3n) is 4.97. The molecular weight excluding hydrogens is 432 g/mol. The Morgan fingerprint density at radius 3 is 1.34 bits per heavy atom. The third kappa shape index (κ3) is 60.4. The molecule has 0 aliphatic rings. The van der Waals surface area contributed by atoms with E-state index in [4.69, 9.17) is 15.2 Å². The van der Waals surface area contributed by atoms with Crippen molar-refractivity contribution in [2.45, 2.75) is 142 Å². The van der Waals surface area contributed by atoms with Crippen LogP contribution >= 0.6 is 0 Å². The smallest absolute Gasteiger partial charge is 0.0548 e. The van der Waals surface area contributed by atoms with Gasteiger partial charge >= 0.3 is 0 Å². The minimum atomic E-state index is 0.394. The normalized spacial score (nSPS) is 12.9. The minimum absolute atomic E-state index is 0.394. The van der Waals surface area contributed by atoms with Gasteiger partial charge in [0.2, 0.25) is 0 Å². The first-order chi connectivity index (χ1) is 15.6. The lowest BCUT2D eigenvalue weighted by molar-refractivity contribution is 0.0806. The molecule has 1 atom stereocenters. The Bertz CT molecular complexity index is 392. The maximum atomic E-state index is 5.34. The number of hydrogen-bond donors (Lipinski definition) is 2. The molecule has 1 unspecified atom stereocenters. The second-order valence-electron chi connectivity index (χ2n) is 14.6. The van der Waals surface area contributed by atoms with Gasteiger partial charge in [-0.05, 0) is 86.7 Å². The van der Waals surface area contributed by atoms with E-state index in [1.807, 2.05) is 0 Å². The zero-order chi connectivity index (χ0) is 28.8. The molecule has 218 valence electrons. The summed E-state index contributed by atoms with van der Waals surface area (Å²) in [7, 11) is 3.50. The number of nitrogens with two attached hydrogens (primary N) is 1. The van der Waals surface area contributed by atoms with Gasteiger partial charge in [-0.3, -0.25) is 0 Å². The Labute approximate surface area is 224 Å². The maximum Gasteiger partial charge on any atom is 0.0548 e. The number of hydrogen-bond acceptors (Lipinski definition) is 4. The fraction of sp³-hybridized carbons (Fsp3) is 1.00. The number of ether oxygens (including phenoxy) is 2. The second-order valence-corrected chi connectivity index (χ2v) is 14.6. The summed E-state index contributed by atoms with van der Waals surface area (Å²) in [6, 6.07) is 0. The van der Waals surface area contributed by atoms with E-state index in [-0.39, 0.29) is 0 Å². The summed E-state index contributed by atoms with van der Waals surface area (Å²) in [5.41, 5.74) is 7.12. The van der Waals surface area contributed by atoms with Crippen LogP contribution in [0.5, 0.6) is 0 Å². The van der Waals surface area contributed by atoms with Crippen molar-refractivity contribution in [3.05, 3.63) is 0 Å². The van der Waals surface area contributed by atoms with E-state index in [2.05, 4.69) is 102 Å². The van der Waals surface area contributed by atoms with Gasteiger partial charge in [-0.15, -0.1) is 0 Å². The molecule has 0 aromatic carbocycles. The van der Waals surface area contributed by atoms with Crippen molar-refractivity contribution in [1.82, 2.24) is 5.32 Å². The van der Waals surface area contributed by atoms with Gasteiger partial charge in [-0.2, -0.15) is 0 Å². The van der Waals surface area contributed by atoms with Gasteiger partial charge in [-0.25, -0.2) is 0 Å². The molecule has 0 fully saturated rings. The molecule has 0 radical (unpaired) electrons. The molecular formula is C31H72N2O2. The van der Waals surface area contributed by atoms with Crippen molar-refractivity contribution in [3.8, 4) is 0 Å². The summed E-state index contributed by atoms with van der Waals surface area (Å²) >= 11 is 0. The summed E-state index contributed by atoms with van der Waals surface area (Å²) in [6.45, 7) is 35.2. The maximum absolute atomic E-state index is 5.34. The van der Waals surface area contributed by atoms with Crippen molar-refractivity contribution in [2.24, 2.45) is 27.4 Å². The molecule has 0 bridgehead atoms. The zero-order valence-electron chi connectivity index (χ0n) is 27.5. The van der Waals surface area contributed by atoms with E-state index in [1.54, 1.807) is 14.2 Å². The van der Waals surface area contributed by atoms with Gasteiger partial charge < -0.3 is 20.5 Å². The van der Waals surface area contributed by atoms with E-state index in [9.17, 15) is 0 Å². The monoisotopic (exact) mass is 505 g/mol. The third-order valence-corrected chi connectivity index (χ3v) is 4.97. The first kappa shape index (κ1) is 41.9. The lowest BCUT2D eigenvalue weighted by Gasteiger charge is -2.21. The highest BCUT2D eigenvalue weighted by Crippen LogP contribution is 2.21. The Morgan fingerprint density at radius 1 is 0.686 bits per heavy atom. The summed E-state index contributed by atoms with van der Waals surface area (Å²) in [4.78, 5) is 0. The number of methoxy groups -OCH3 is 2. The van der Waals surface area contributed by atoms with E-state index in [0.717, 1.165) is 45.5 Å². The van der Waals surface area contributed by atoms with Crippen LogP contribution in [0, 0.1) is 21.7 Å². The van der Waals surface area contributed by atoms with Crippen LogP contribution in [-0.2, 0) is 9.47 Å². The Balaban J connectivity index is -0.000000184. The molecule has 0 aliphatic carbocycles. The van der Waals surface area contributed by atoms with Crippen LogP contribution in [0.2, 0.25) is 0 Å². The summed E-state index contributed by atoms with van der Waals surface area (Å²) in [5, 5.41) is 3.39. The Hall–Kier alpha value is -0.160. The molecule has 0 amide bonds. The largest absolute Gasteiger partial charge is 0.385 e. The van der Waals surface area contributed by atoms with Crippen LogP contribution in [0.4, 0.5) is 0 Å². The molecule has 0 spiro atoms.